The van der Waals surface area contributed by atoms with Crippen LogP contribution in [0.4, 0.5) is 0 Å². The normalized spacial score (nSPS) is 26.0. The first-order chi connectivity index (χ1) is 9.81. The molecule has 0 amide bonds. The van der Waals surface area contributed by atoms with Crippen molar-refractivity contribution in [3.8, 4) is 0 Å². The molecule has 4 nitrogen and oxygen atoms in total. The summed E-state index contributed by atoms with van der Waals surface area (Å²) in [6.45, 7) is 9.93. The maximum atomic E-state index is 11.5. The Hall–Kier alpha value is -0.610. The van der Waals surface area contributed by atoms with Crippen molar-refractivity contribution in [3.05, 3.63) is 0 Å². The maximum Gasteiger partial charge on any atom is 0.323 e. The molecule has 0 aromatic rings. The highest BCUT2D eigenvalue weighted by atomic mass is 16.4. The third kappa shape index (κ3) is 5.26. The topological polar surface area (TPSA) is 52.6 Å². The van der Waals surface area contributed by atoms with Gasteiger partial charge in [-0.2, -0.15) is 0 Å². The van der Waals surface area contributed by atoms with Gasteiger partial charge >= 0.3 is 5.97 Å². The van der Waals surface area contributed by atoms with Crippen LogP contribution in [0, 0.1) is 5.41 Å². The summed E-state index contributed by atoms with van der Waals surface area (Å²) in [5.74, 6) is -0.702. The molecule has 1 heterocycles. The Labute approximate surface area is 129 Å². The summed E-state index contributed by atoms with van der Waals surface area (Å²) in [5.41, 5.74) is -0.274. The first-order valence-corrected chi connectivity index (χ1v) is 8.54. The van der Waals surface area contributed by atoms with Crippen LogP contribution in [0.1, 0.15) is 65.7 Å². The molecule has 2 fully saturated rings. The minimum atomic E-state index is -0.744. The lowest BCUT2D eigenvalue weighted by Gasteiger charge is -2.28. The van der Waals surface area contributed by atoms with Gasteiger partial charge in [-0.3, -0.25) is 10.1 Å². The van der Waals surface area contributed by atoms with Gasteiger partial charge < -0.3 is 10.0 Å². The first-order valence-electron chi connectivity index (χ1n) is 8.54. The minimum absolute atomic E-state index is 0.435. The Bertz CT molecular complexity index is 366. The van der Waals surface area contributed by atoms with Crippen LogP contribution in [0.25, 0.3) is 0 Å². The molecule has 1 saturated heterocycles. The molecule has 1 atom stereocenters. The van der Waals surface area contributed by atoms with Gasteiger partial charge in [-0.1, -0.05) is 13.8 Å². The molecule has 122 valence electrons. The molecule has 1 unspecified atom stereocenters. The Morgan fingerprint density at radius 3 is 2.67 bits per heavy atom. The van der Waals surface area contributed by atoms with Gasteiger partial charge in [-0.25, -0.2) is 0 Å². The summed E-state index contributed by atoms with van der Waals surface area (Å²) in [6.07, 6.45) is 7.77. The number of rotatable bonds is 7. The first kappa shape index (κ1) is 16.8. The molecule has 2 aliphatic rings. The highest BCUT2D eigenvalue weighted by molar-refractivity contribution is 5.78. The van der Waals surface area contributed by atoms with Crippen molar-refractivity contribution in [1.29, 1.82) is 0 Å². The molecule has 0 spiro atoms. The smallest absolute Gasteiger partial charge is 0.323 e. The molecule has 0 aromatic carbocycles. The minimum Gasteiger partial charge on any atom is -0.480 e. The van der Waals surface area contributed by atoms with E-state index in [0.29, 0.717) is 11.5 Å². The van der Waals surface area contributed by atoms with E-state index in [0.717, 1.165) is 38.8 Å². The molecular formula is C17H32N2O2. The number of hydrogen-bond acceptors (Lipinski definition) is 3. The zero-order chi connectivity index (χ0) is 15.5. The number of nitrogens with zero attached hydrogens (tertiary/aromatic N) is 1. The lowest BCUT2D eigenvalue weighted by molar-refractivity contribution is -0.144. The van der Waals surface area contributed by atoms with Crippen molar-refractivity contribution < 1.29 is 9.90 Å². The van der Waals surface area contributed by atoms with Crippen molar-refractivity contribution in [2.45, 2.75) is 77.3 Å². The van der Waals surface area contributed by atoms with E-state index in [9.17, 15) is 9.90 Å². The van der Waals surface area contributed by atoms with Crippen LogP contribution < -0.4 is 5.32 Å². The molecular weight excluding hydrogens is 264 g/mol. The van der Waals surface area contributed by atoms with E-state index >= 15 is 0 Å². The summed E-state index contributed by atoms with van der Waals surface area (Å²) in [7, 11) is 0. The highest BCUT2D eigenvalue weighted by Crippen LogP contribution is 2.30. The maximum absolute atomic E-state index is 11.5. The SMILES string of the molecule is CC1(C)CCCN(CCCC(C)(NC2CC2)C(=O)O)CC1. The number of hydrogen-bond donors (Lipinski definition) is 2. The van der Waals surface area contributed by atoms with Gasteiger partial charge in [0.1, 0.15) is 5.54 Å². The fourth-order valence-electron chi connectivity index (χ4n) is 3.28. The molecule has 21 heavy (non-hydrogen) atoms. The standard InChI is InChI=1S/C17H32N2O2/c1-16(2)8-4-11-19(13-10-16)12-5-9-17(3,15(20)21)18-14-6-7-14/h14,18H,4-13H2,1-3H3,(H,20,21). The molecule has 0 bridgehead atoms. The molecule has 2 rings (SSSR count). The van der Waals surface area contributed by atoms with Crippen LogP contribution in [0.15, 0.2) is 0 Å². The number of nitrogens with one attached hydrogen (secondary N) is 1. The molecule has 2 N–H and O–H groups in total. The molecule has 4 heteroatoms. The van der Waals surface area contributed by atoms with Crippen molar-refractivity contribution in [2.24, 2.45) is 5.41 Å². The predicted octanol–water partition coefficient (Wildman–Crippen LogP) is 2.87. The molecule has 1 saturated carbocycles. The molecule has 1 aliphatic carbocycles. The molecule has 1 aliphatic heterocycles. The van der Waals surface area contributed by atoms with Gasteiger partial charge in [0.2, 0.25) is 0 Å². The highest BCUT2D eigenvalue weighted by Gasteiger charge is 2.38. The Morgan fingerprint density at radius 2 is 2.05 bits per heavy atom. The van der Waals surface area contributed by atoms with Crippen molar-refractivity contribution in [2.75, 3.05) is 19.6 Å². The average Bonchev–Trinajstić information content (AvgIpc) is 3.19. The van der Waals surface area contributed by atoms with Crippen LogP contribution in [-0.4, -0.2) is 47.2 Å². The zero-order valence-electron chi connectivity index (χ0n) is 14.0. The van der Waals surface area contributed by atoms with E-state index in [1.165, 1.54) is 25.8 Å². The summed E-state index contributed by atoms with van der Waals surface area (Å²) >= 11 is 0. The van der Waals surface area contributed by atoms with Crippen LogP contribution in [0.5, 0.6) is 0 Å². The van der Waals surface area contributed by atoms with E-state index in [4.69, 9.17) is 0 Å². The van der Waals surface area contributed by atoms with Gasteiger partial charge in [-0.15, -0.1) is 0 Å². The van der Waals surface area contributed by atoms with Crippen molar-refractivity contribution in [3.63, 3.8) is 0 Å². The zero-order valence-corrected chi connectivity index (χ0v) is 14.0. The van der Waals surface area contributed by atoms with Crippen LogP contribution in [0.2, 0.25) is 0 Å². The third-order valence-electron chi connectivity index (χ3n) is 5.16. The lowest BCUT2D eigenvalue weighted by Crippen LogP contribution is -2.50. The molecule has 0 radical (unpaired) electrons. The lowest BCUT2D eigenvalue weighted by atomic mass is 9.85. The fourth-order valence-corrected chi connectivity index (χ4v) is 3.28. The number of likely N-dealkylation sites (tertiary alicyclic amines) is 1. The van der Waals surface area contributed by atoms with E-state index in [-0.39, 0.29) is 0 Å². The van der Waals surface area contributed by atoms with Gasteiger partial charge in [-0.05, 0) is 76.9 Å². The summed E-state index contributed by atoms with van der Waals surface area (Å²) in [4.78, 5) is 14.1. The summed E-state index contributed by atoms with van der Waals surface area (Å²) < 4.78 is 0. The molecule has 0 aromatic heterocycles. The van der Waals surface area contributed by atoms with E-state index < -0.39 is 11.5 Å². The van der Waals surface area contributed by atoms with Gasteiger partial charge in [0.05, 0.1) is 0 Å². The Morgan fingerprint density at radius 1 is 1.33 bits per heavy atom. The second kappa shape index (κ2) is 6.66. The van der Waals surface area contributed by atoms with Crippen LogP contribution in [0.3, 0.4) is 0 Å². The van der Waals surface area contributed by atoms with E-state index in [1.54, 1.807) is 0 Å². The van der Waals surface area contributed by atoms with Gasteiger partial charge in [0.25, 0.3) is 0 Å². The van der Waals surface area contributed by atoms with E-state index in [2.05, 4.69) is 24.1 Å². The predicted molar refractivity (Wildman–Crippen MR) is 85.5 cm³/mol. The quantitative estimate of drug-likeness (QED) is 0.758. The van der Waals surface area contributed by atoms with Crippen LogP contribution in [-0.2, 0) is 4.79 Å². The van der Waals surface area contributed by atoms with Gasteiger partial charge in [0, 0.05) is 6.04 Å². The van der Waals surface area contributed by atoms with Gasteiger partial charge in [0.15, 0.2) is 0 Å². The largest absolute Gasteiger partial charge is 0.480 e. The second-order valence-electron chi connectivity index (χ2n) is 8.02. The number of aliphatic carboxylic acids is 1. The number of carboxylic acids is 1. The van der Waals surface area contributed by atoms with Crippen LogP contribution >= 0.6 is 0 Å². The summed E-state index contributed by atoms with van der Waals surface area (Å²) in [5, 5.41) is 12.8. The number of carbonyl (C=O) groups is 1. The van der Waals surface area contributed by atoms with Crippen molar-refractivity contribution in [1.82, 2.24) is 10.2 Å². The Kier molecular flexibility index (Phi) is 5.31. The van der Waals surface area contributed by atoms with Crippen molar-refractivity contribution >= 4 is 5.97 Å². The van der Waals surface area contributed by atoms with E-state index in [1.807, 2.05) is 6.92 Å². The number of carboxylic acid groups (broad SMARTS) is 1. The fraction of sp³-hybridized carbons (Fsp3) is 0.941. The monoisotopic (exact) mass is 296 g/mol. The third-order valence-corrected chi connectivity index (χ3v) is 5.16. The second-order valence-corrected chi connectivity index (χ2v) is 8.02. The summed E-state index contributed by atoms with van der Waals surface area (Å²) in [6, 6.07) is 0.435. The Balaban J connectivity index is 1.75. The average molecular weight is 296 g/mol.